The minimum atomic E-state index is -4.70. The zero-order valence-corrected chi connectivity index (χ0v) is 4.79. The molecule has 0 aliphatic carbocycles. The molecule has 0 amide bonds. The fraction of sp³-hybridized carbons (Fsp3) is 0.500. The molecule has 0 rings (SSSR count). The summed E-state index contributed by atoms with van der Waals surface area (Å²) in [5, 5.41) is 0. The quantitative estimate of drug-likeness (QED) is 0.469. The summed E-state index contributed by atoms with van der Waals surface area (Å²) in [7, 11) is 0. The Morgan fingerprint density at radius 2 is 1.62 bits per heavy atom. The lowest BCUT2D eigenvalue weighted by Gasteiger charge is -2.06. The van der Waals surface area contributed by atoms with Gasteiger partial charge in [-0.2, -0.15) is 0 Å². The third kappa shape index (κ3) is 5.59. The molecule has 0 fully saturated rings. The number of allylic oxidation sites excluding steroid dienone is 1. The van der Waals surface area contributed by atoms with E-state index in [1.54, 1.807) is 0 Å². The smallest absolute Gasteiger partial charge is 0.445 e. The van der Waals surface area contributed by atoms with Gasteiger partial charge in [0.1, 0.15) is 0 Å². The van der Waals surface area contributed by atoms with Crippen molar-refractivity contribution in [2.45, 2.75) is 13.8 Å². The van der Waals surface area contributed by atoms with E-state index >= 15 is 0 Å². The maximum absolute atomic E-state index is 11.3. The summed E-state index contributed by atoms with van der Waals surface area (Å²) in [6.07, 6.45) is 0. The first-order chi connectivity index (χ1) is 3.42. The van der Waals surface area contributed by atoms with E-state index in [9.17, 15) is 12.9 Å². The van der Waals surface area contributed by atoms with E-state index < -0.39 is 6.98 Å². The van der Waals surface area contributed by atoms with Crippen LogP contribution in [0.25, 0.3) is 0 Å². The van der Waals surface area contributed by atoms with Gasteiger partial charge in [-0.05, 0) is 13.8 Å². The Balaban J connectivity index is 3.89. The molecule has 0 aliphatic rings. The molecule has 0 unspecified atom stereocenters. The third-order valence-electron chi connectivity index (χ3n) is 0.522. The third-order valence-corrected chi connectivity index (χ3v) is 0.522. The van der Waals surface area contributed by atoms with Crippen molar-refractivity contribution in [2.24, 2.45) is 0 Å². The minimum Gasteiger partial charge on any atom is -0.445 e. The summed E-state index contributed by atoms with van der Waals surface area (Å²) < 4.78 is 33.9. The fourth-order valence-corrected chi connectivity index (χ4v) is 0.378. The Hall–Kier alpha value is -0.405. The summed E-state index contributed by atoms with van der Waals surface area (Å²) in [5.74, 6) is 0.333. The Kier molecular flexibility index (Phi) is 2.13. The van der Waals surface area contributed by atoms with Gasteiger partial charge in [-0.15, -0.1) is 11.5 Å². The lowest BCUT2D eigenvalue weighted by molar-refractivity contribution is 0.498. The molecule has 0 radical (unpaired) electrons. The molecule has 0 bridgehead atoms. The SMILES string of the molecule is CC(C)=C[B-](F)(F)F. The highest BCUT2D eigenvalue weighted by atomic mass is 19.4. The van der Waals surface area contributed by atoms with Crippen LogP contribution in [0.3, 0.4) is 0 Å². The van der Waals surface area contributed by atoms with Crippen LogP contribution >= 0.6 is 0 Å². The second-order valence-electron chi connectivity index (χ2n) is 1.87. The van der Waals surface area contributed by atoms with Crippen molar-refractivity contribution >= 4 is 6.98 Å². The molecular formula is C4H7BF3-. The van der Waals surface area contributed by atoms with Crippen LogP contribution in [0.15, 0.2) is 11.5 Å². The van der Waals surface area contributed by atoms with Crippen molar-refractivity contribution in [1.82, 2.24) is 0 Å². The molecule has 0 N–H and O–H groups in total. The van der Waals surface area contributed by atoms with Crippen LogP contribution in [-0.2, 0) is 0 Å². The summed E-state index contributed by atoms with van der Waals surface area (Å²) in [4.78, 5) is 0. The summed E-state index contributed by atoms with van der Waals surface area (Å²) >= 11 is 0. The van der Waals surface area contributed by atoms with Gasteiger partial charge in [0.05, 0.1) is 0 Å². The van der Waals surface area contributed by atoms with Crippen molar-refractivity contribution in [3.63, 3.8) is 0 Å². The summed E-state index contributed by atoms with van der Waals surface area (Å²) in [6, 6.07) is 0. The number of rotatable bonds is 1. The average Bonchev–Trinajstić information content (AvgIpc) is 1.21. The molecule has 0 aliphatic heterocycles. The molecule has 0 aromatic heterocycles. The van der Waals surface area contributed by atoms with Crippen molar-refractivity contribution in [2.75, 3.05) is 0 Å². The molecule has 0 atom stereocenters. The predicted molar refractivity (Wildman–Crippen MR) is 28.5 cm³/mol. The van der Waals surface area contributed by atoms with Gasteiger partial charge in [-0.25, -0.2) is 0 Å². The van der Waals surface area contributed by atoms with Crippen LogP contribution in [0.2, 0.25) is 0 Å². The number of hydrogen-bond donors (Lipinski definition) is 0. The average molecular weight is 123 g/mol. The maximum atomic E-state index is 11.3. The zero-order valence-electron chi connectivity index (χ0n) is 4.79. The molecule has 8 heavy (non-hydrogen) atoms. The van der Waals surface area contributed by atoms with Crippen LogP contribution in [0, 0.1) is 0 Å². The zero-order chi connectivity index (χ0) is 6.78. The lowest BCUT2D eigenvalue weighted by Crippen LogP contribution is -2.10. The van der Waals surface area contributed by atoms with Gasteiger partial charge in [0, 0.05) is 0 Å². The van der Waals surface area contributed by atoms with Crippen molar-refractivity contribution < 1.29 is 12.9 Å². The molecule has 0 aromatic carbocycles. The number of hydrogen-bond acceptors (Lipinski definition) is 0. The largest absolute Gasteiger partial charge is 0.502 e. The van der Waals surface area contributed by atoms with Gasteiger partial charge in [-0.3, -0.25) is 0 Å². The fourth-order valence-electron chi connectivity index (χ4n) is 0.378. The van der Waals surface area contributed by atoms with Gasteiger partial charge < -0.3 is 12.9 Å². The van der Waals surface area contributed by atoms with Crippen LogP contribution in [0.1, 0.15) is 13.8 Å². The van der Waals surface area contributed by atoms with E-state index in [4.69, 9.17) is 0 Å². The second-order valence-corrected chi connectivity index (χ2v) is 1.87. The Morgan fingerprint density at radius 3 is 1.62 bits per heavy atom. The first-order valence-electron chi connectivity index (χ1n) is 2.28. The summed E-state index contributed by atoms with van der Waals surface area (Å²) in [5.41, 5.74) is 0.303. The normalized spacial score (nSPS) is 11.1. The molecule has 0 aromatic rings. The van der Waals surface area contributed by atoms with Crippen LogP contribution in [0.4, 0.5) is 12.9 Å². The molecule has 0 saturated carbocycles. The van der Waals surface area contributed by atoms with Gasteiger partial charge in [-0.1, -0.05) is 0 Å². The molecule has 48 valence electrons. The van der Waals surface area contributed by atoms with Crippen molar-refractivity contribution in [3.8, 4) is 0 Å². The molecule has 0 heterocycles. The number of halogens is 3. The molecule has 0 nitrogen and oxygen atoms in total. The Labute approximate surface area is 46.4 Å². The minimum absolute atomic E-state index is 0.303. The predicted octanol–water partition coefficient (Wildman–Crippen LogP) is 2.34. The molecule has 4 heteroatoms. The van der Waals surface area contributed by atoms with Crippen LogP contribution < -0.4 is 0 Å². The Morgan fingerprint density at radius 1 is 1.25 bits per heavy atom. The Bertz CT molecular complexity index is 98.3. The molecular weight excluding hydrogens is 116 g/mol. The van der Waals surface area contributed by atoms with Crippen molar-refractivity contribution in [3.05, 3.63) is 11.5 Å². The lowest BCUT2D eigenvalue weighted by atomic mass is 9.89. The van der Waals surface area contributed by atoms with Gasteiger partial charge in [0.25, 0.3) is 0 Å². The first kappa shape index (κ1) is 7.59. The van der Waals surface area contributed by atoms with E-state index in [0.717, 1.165) is 0 Å². The topological polar surface area (TPSA) is 0 Å². The van der Waals surface area contributed by atoms with E-state index in [1.165, 1.54) is 13.8 Å². The standard InChI is InChI=1S/C4H7BF3/c1-4(2)3-5(6,7)8/h3H,1-2H3/q-1. The second kappa shape index (κ2) is 2.24. The first-order valence-corrected chi connectivity index (χ1v) is 2.28. The molecule has 0 spiro atoms. The molecule has 0 saturated heterocycles. The highest BCUT2D eigenvalue weighted by molar-refractivity contribution is 6.64. The van der Waals surface area contributed by atoms with Crippen LogP contribution in [0.5, 0.6) is 0 Å². The van der Waals surface area contributed by atoms with E-state index in [-0.39, 0.29) is 0 Å². The van der Waals surface area contributed by atoms with Crippen LogP contribution in [-0.4, -0.2) is 6.98 Å². The van der Waals surface area contributed by atoms with Gasteiger partial charge >= 0.3 is 6.98 Å². The van der Waals surface area contributed by atoms with Crippen molar-refractivity contribution in [1.29, 1.82) is 0 Å². The van der Waals surface area contributed by atoms with E-state index in [0.29, 0.717) is 11.5 Å². The van der Waals surface area contributed by atoms with E-state index in [1.807, 2.05) is 0 Å². The maximum Gasteiger partial charge on any atom is 0.502 e. The summed E-state index contributed by atoms with van der Waals surface area (Å²) in [6.45, 7) is -1.85. The van der Waals surface area contributed by atoms with Gasteiger partial charge in [0.2, 0.25) is 0 Å². The highest BCUT2D eigenvalue weighted by Crippen LogP contribution is 2.11. The van der Waals surface area contributed by atoms with Gasteiger partial charge in [0.15, 0.2) is 0 Å². The van der Waals surface area contributed by atoms with E-state index in [2.05, 4.69) is 0 Å². The monoisotopic (exact) mass is 123 g/mol. The highest BCUT2D eigenvalue weighted by Gasteiger charge is 2.17.